The van der Waals surface area contributed by atoms with Crippen LogP contribution >= 0.6 is 0 Å². The Morgan fingerprint density at radius 2 is 1.85 bits per heavy atom. The normalized spacial score (nSPS) is 22.2. The molecule has 0 spiro atoms. The Morgan fingerprint density at radius 3 is 2.54 bits per heavy atom. The third-order valence-corrected chi connectivity index (χ3v) is 5.86. The van der Waals surface area contributed by atoms with E-state index in [0.29, 0.717) is 5.96 Å². The molecule has 2 aliphatic heterocycles. The van der Waals surface area contributed by atoms with Crippen molar-refractivity contribution in [2.75, 3.05) is 52.2 Å². The molecule has 26 heavy (non-hydrogen) atoms. The highest BCUT2D eigenvalue weighted by Gasteiger charge is 2.39. The smallest absolute Gasteiger partial charge is 0.193 e. The van der Waals surface area contributed by atoms with Crippen LogP contribution in [-0.2, 0) is 0 Å². The average Bonchev–Trinajstić information content (AvgIpc) is 2.69. The van der Waals surface area contributed by atoms with Gasteiger partial charge in [0.25, 0.3) is 0 Å². The molecule has 1 aromatic carbocycles. The van der Waals surface area contributed by atoms with E-state index < -0.39 is 0 Å². The number of nitrogens with one attached hydrogen (secondary N) is 1. The second-order valence-corrected chi connectivity index (χ2v) is 7.60. The largest absolute Gasteiger partial charge is 0.495 e. The summed E-state index contributed by atoms with van der Waals surface area (Å²) in [6.45, 7) is 5.41. The summed E-state index contributed by atoms with van der Waals surface area (Å²) < 4.78 is 5.38. The van der Waals surface area contributed by atoms with Crippen LogP contribution in [0.4, 0.5) is 5.69 Å². The van der Waals surface area contributed by atoms with E-state index in [2.05, 4.69) is 22.2 Å². The van der Waals surface area contributed by atoms with Gasteiger partial charge in [0.05, 0.1) is 19.3 Å². The molecule has 0 aliphatic carbocycles. The summed E-state index contributed by atoms with van der Waals surface area (Å²) in [5.41, 5.74) is 7.22. The summed E-state index contributed by atoms with van der Waals surface area (Å²) in [6.07, 6.45) is 6.28. The zero-order valence-electron chi connectivity index (χ0n) is 16.2. The number of anilines is 1. The van der Waals surface area contributed by atoms with Gasteiger partial charge in [0.1, 0.15) is 5.75 Å². The van der Waals surface area contributed by atoms with Crippen LogP contribution in [0.1, 0.15) is 32.1 Å². The molecule has 0 amide bonds. The van der Waals surface area contributed by atoms with Gasteiger partial charge in [0.15, 0.2) is 5.96 Å². The van der Waals surface area contributed by atoms with Gasteiger partial charge in [-0.2, -0.15) is 0 Å². The van der Waals surface area contributed by atoms with Crippen LogP contribution in [0.5, 0.6) is 5.75 Å². The van der Waals surface area contributed by atoms with Crippen LogP contribution < -0.4 is 15.8 Å². The molecule has 3 N–H and O–H groups in total. The minimum atomic E-state index is 0.153. The number of hydrogen-bond donors (Lipinski definition) is 2. The van der Waals surface area contributed by atoms with Crippen molar-refractivity contribution in [2.45, 2.75) is 37.6 Å². The summed E-state index contributed by atoms with van der Waals surface area (Å²) in [4.78, 5) is 9.86. The lowest BCUT2D eigenvalue weighted by Crippen LogP contribution is -2.58. The molecular weight excluding hydrogens is 326 g/mol. The second-order valence-electron chi connectivity index (χ2n) is 7.60. The van der Waals surface area contributed by atoms with Crippen LogP contribution in [-0.4, -0.2) is 68.2 Å². The number of guanidine groups is 1. The standard InChI is InChI=1S/C20H33N5O/c1-24-14-10-20(11-15-24,25-12-6-3-7-13-25)16-22-19(21)23-17-8-4-5-9-18(17)26-2/h4-5,8-9H,3,6-7,10-16H2,1-2H3,(H3,21,22,23). The molecule has 1 aromatic rings. The van der Waals surface area contributed by atoms with Crippen molar-refractivity contribution in [3.63, 3.8) is 0 Å². The first-order valence-electron chi connectivity index (χ1n) is 9.76. The number of piperidine rings is 2. The highest BCUT2D eigenvalue weighted by Crippen LogP contribution is 2.32. The Balaban J connectivity index is 1.70. The van der Waals surface area contributed by atoms with E-state index >= 15 is 0 Å². The van der Waals surface area contributed by atoms with Gasteiger partial charge in [-0.15, -0.1) is 0 Å². The molecule has 0 aromatic heterocycles. The molecular formula is C20H33N5O. The van der Waals surface area contributed by atoms with E-state index in [9.17, 15) is 0 Å². The number of rotatable bonds is 5. The van der Waals surface area contributed by atoms with Crippen molar-refractivity contribution in [3.8, 4) is 5.75 Å². The molecule has 2 fully saturated rings. The lowest BCUT2D eigenvalue weighted by molar-refractivity contribution is 0.0209. The van der Waals surface area contributed by atoms with Crippen molar-refractivity contribution in [1.82, 2.24) is 9.80 Å². The van der Waals surface area contributed by atoms with E-state index in [4.69, 9.17) is 15.5 Å². The number of ether oxygens (including phenoxy) is 1. The molecule has 0 bridgehead atoms. The van der Waals surface area contributed by atoms with Crippen molar-refractivity contribution in [2.24, 2.45) is 10.7 Å². The highest BCUT2D eigenvalue weighted by molar-refractivity contribution is 5.93. The maximum Gasteiger partial charge on any atom is 0.193 e. The number of para-hydroxylation sites is 2. The van der Waals surface area contributed by atoms with Crippen LogP contribution in [0, 0.1) is 0 Å². The van der Waals surface area contributed by atoms with Gasteiger partial charge in [-0.25, -0.2) is 0 Å². The number of aliphatic imine (C=N–C) groups is 1. The number of likely N-dealkylation sites (tertiary alicyclic amines) is 2. The van der Waals surface area contributed by atoms with E-state index in [-0.39, 0.29) is 5.54 Å². The van der Waals surface area contributed by atoms with Gasteiger partial charge in [-0.3, -0.25) is 9.89 Å². The maximum atomic E-state index is 6.22. The van der Waals surface area contributed by atoms with Gasteiger partial charge in [-0.05, 0) is 71.0 Å². The quantitative estimate of drug-likeness (QED) is 0.624. The van der Waals surface area contributed by atoms with Gasteiger partial charge in [0, 0.05) is 5.54 Å². The Kier molecular flexibility index (Phi) is 6.38. The van der Waals surface area contributed by atoms with Crippen molar-refractivity contribution >= 4 is 11.6 Å². The Bertz CT molecular complexity index is 604. The first-order chi connectivity index (χ1) is 12.6. The van der Waals surface area contributed by atoms with Crippen molar-refractivity contribution < 1.29 is 4.74 Å². The molecule has 2 aliphatic rings. The third-order valence-electron chi connectivity index (χ3n) is 5.86. The zero-order valence-corrected chi connectivity index (χ0v) is 16.2. The van der Waals surface area contributed by atoms with Crippen molar-refractivity contribution in [3.05, 3.63) is 24.3 Å². The van der Waals surface area contributed by atoms with E-state index in [1.54, 1.807) is 7.11 Å². The molecule has 144 valence electrons. The minimum absolute atomic E-state index is 0.153. The Labute approximate surface area is 157 Å². The van der Waals surface area contributed by atoms with Crippen molar-refractivity contribution in [1.29, 1.82) is 0 Å². The number of hydrogen-bond acceptors (Lipinski definition) is 4. The Morgan fingerprint density at radius 1 is 1.15 bits per heavy atom. The monoisotopic (exact) mass is 359 g/mol. The second kappa shape index (κ2) is 8.73. The van der Waals surface area contributed by atoms with Gasteiger partial charge in [-0.1, -0.05) is 18.6 Å². The predicted octanol–water partition coefficient (Wildman–Crippen LogP) is 2.37. The summed E-state index contributed by atoms with van der Waals surface area (Å²) in [7, 11) is 3.87. The number of nitrogens with two attached hydrogens (primary N) is 1. The predicted molar refractivity (Wildman–Crippen MR) is 108 cm³/mol. The molecule has 6 heteroatoms. The molecule has 6 nitrogen and oxygen atoms in total. The fourth-order valence-electron chi connectivity index (χ4n) is 4.14. The van der Waals surface area contributed by atoms with E-state index in [0.717, 1.165) is 43.9 Å². The molecule has 0 radical (unpaired) electrons. The molecule has 2 saturated heterocycles. The Hall–Kier alpha value is -1.79. The van der Waals surface area contributed by atoms with E-state index in [1.807, 2.05) is 24.3 Å². The summed E-state index contributed by atoms with van der Waals surface area (Å²) in [5.74, 6) is 1.24. The lowest BCUT2D eigenvalue weighted by Gasteiger charge is -2.49. The molecule has 3 rings (SSSR count). The van der Waals surface area contributed by atoms with Gasteiger partial charge < -0.3 is 20.7 Å². The molecule has 0 unspecified atom stereocenters. The summed E-state index contributed by atoms with van der Waals surface area (Å²) >= 11 is 0. The first kappa shape index (κ1) is 19.0. The minimum Gasteiger partial charge on any atom is -0.495 e. The summed E-state index contributed by atoms with van der Waals surface area (Å²) in [6, 6.07) is 7.78. The van der Waals surface area contributed by atoms with Crippen LogP contribution in [0.25, 0.3) is 0 Å². The van der Waals surface area contributed by atoms with Gasteiger partial charge in [0.2, 0.25) is 0 Å². The molecule has 0 saturated carbocycles. The average molecular weight is 360 g/mol. The number of methoxy groups -OCH3 is 1. The summed E-state index contributed by atoms with van der Waals surface area (Å²) in [5, 5.41) is 3.20. The third kappa shape index (κ3) is 4.48. The SMILES string of the molecule is COc1ccccc1NC(N)=NCC1(N2CCCCC2)CCN(C)CC1. The fourth-order valence-corrected chi connectivity index (χ4v) is 4.14. The molecule has 2 heterocycles. The fraction of sp³-hybridized carbons (Fsp3) is 0.650. The number of benzene rings is 1. The topological polar surface area (TPSA) is 66.1 Å². The van der Waals surface area contributed by atoms with Crippen LogP contribution in [0.2, 0.25) is 0 Å². The zero-order chi connectivity index (χ0) is 18.4. The maximum absolute atomic E-state index is 6.22. The number of nitrogens with zero attached hydrogens (tertiary/aromatic N) is 3. The van der Waals surface area contributed by atoms with Crippen LogP contribution in [0.3, 0.4) is 0 Å². The highest BCUT2D eigenvalue weighted by atomic mass is 16.5. The van der Waals surface area contributed by atoms with E-state index in [1.165, 1.54) is 32.4 Å². The first-order valence-corrected chi connectivity index (χ1v) is 9.76. The lowest BCUT2D eigenvalue weighted by atomic mass is 9.84. The molecule has 0 atom stereocenters. The van der Waals surface area contributed by atoms with Gasteiger partial charge >= 0.3 is 0 Å². The van der Waals surface area contributed by atoms with Crippen LogP contribution in [0.15, 0.2) is 29.3 Å².